The summed E-state index contributed by atoms with van der Waals surface area (Å²) >= 11 is 0. The summed E-state index contributed by atoms with van der Waals surface area (Å²) in [4.78, 5) is 0. The quantitative estimate of drug-likeness (QED) is 0.393. The van der Waals surface area contributed by atoms with Crippen LogP contribution in [0.15, 0.2) is 60.7 Å². The van der Waals surface area contributed by atoms with Crippen LogP contribution in [0.1, 0.15) is 79.0 Å². The molecule has 1 N–H and O–H groups in total. The number of anilines is 2. The van der Waals surface area contributed by atoms with Crippen LogP contribution in [-0.4, -0.2) is 8.07 Å². The van der Waals surface area contributed by atoms with Gasteiger partial charge in [-0.05, 0) is 67.2 Å². The molecule has 3 aromatic carbocycles. The summed E-state index contributed by atoms with van der Waals surface area (Å²) in [6, 6.07) is 23.9. The molecule has 3 aromatic rings. The highest BCUT2D eigenvalue weighted by atomic mass is 28.3. The van der Waals surface area contributed by atoms with Crippen LogP contribution in [0.2, 0.25) is 5.04 Å². The van der Waals surface area contributed by atoms with E-state index in [0.717, 1.165) is 0 Å². The Balaban J connectivity index is 2.09. The Bertz CT molecular complexity index is 1180. The molecule has 0 saturated heterocycles. The Hall–Kier alpha value is -2.32. The summed E-state index contributed by atoms with van der Waals surface area (Å²) in [7, 11) is -2.35. The minimum Gasteiger partial charge on any atom is -0.356 e. The Morgan fingerprint density at radius 3 is 1.58 bits per heavy atom. The molecular weight excluding hydrogens is 414 g/mol. The second-order valence-corrected chi connectivity index (χ2v) is 17.7. The molecule has 0 aromatic heterocycles. The SMILES string of the molecule is Cc1ccc2c(c1)Nc1cc(C(C)(C)C)ccc1[Si@]2(c1ccc(C(C)(C)C)cc1)C(C)(C)C. The highest BCUT2D eigenvalue weighted by Crippen LogP contribution is 2.42. The van der Waals surface area contributed by atoms with E-state index in [1.165, 1.54) is 43.6 Å². The summed E-state index contributed by atoms with van der Waals surface area (Å²) in [6.45, 7) is 23.3. The molecule has 1 aliphatic rings. The third kappa shape index (κ3) is 3.87. The Labute approximate surface area is 202 Å². The van der Waals surface area contributed by atoms with E-state index in [4.69, 9.17) is 0 Å². The first-order chi connectivity index (χ1) is 15.2. The second kappa shape index (κ2) is 7.60. The van der Waals surface area contributed by atoms with Crippen LogP contribution in [0.5, 0.6) is 0 Å². The van der Waals surface area contributed by atoms with Gasteiger partial charge in [0.1, 0.15) is 0 Å². The van der Waals surface area contributed by atoms with Gasteiger partial charge < -0.3 is 5.32 Å². The van der Waals surface area contributed by atoms with Crippen molar-refractivity contribution in [1.29, 1.82) is 0 Å². The lowest BCUT2D eigenvalue weighted by molar-refractivity contribution is 0.590. The zero-order valence-electron chi connectivity index (χ0n) is 22.3. The van der Waals surface area contributed by atoms with Crippen molar-refractivity contribution < 1.29 is 0 Å². The normalized spacial score (nSPS) is 18.4. The fraction of sp³-hybridized carbons (Fsp3) is 0.419. The van der Waals surface area contributed by atoms with E-state index in [2.05, 4.69) is 135 Å². The van der Waals surface area contributed by atoms with Crippen LogP contribution in [-0.2, 0) is 10.8 Å². The van der Waals surface area contributed by atoms with Gasteiger partial charge in [-0.25, -0.2) is 0 Å². The van der Waals surface area contributed by atoms with E-state index in [-0.39, 0.29) is 15.9 Å². The molecule has 0 amide bonds. The first kappa shape index (κ1) is 23.8. The van der Waals surface area contributed by atoms with Crippen molar-refractivity contribution in [3.63, 3.8) is 0 Å². The van der Waals surface area contributed by atoms with Gasteiger partial charge in [-0.3, -0.25) is 0 Å². The average Bonchev–Trinajstić information content (AvgIpc) is 2.69. The molecule has 0 radical (unpaired) electrons. The third-order valence-electron chi connectivity index (χ3n) is 7.45. The largest absolute Gasteiger partial charge is 0.356 e. The second-order valence-electron chi connectivity index (χ2n) is 13.0. The smallest absolute Gasteiger partial charge is 0.158 e. The molecular formula is C31H41NSi. The summed E-state index contributed by atoms with van der Waals surface area (Å²) in [5.41, 5.74) is 6.92. The van der Waals surface area contributed by atoms with Gasteiger partial charge in [0.15, 0.2) is 8.07 Å². The summed E-state index contributed by atoms with van der Waals surface area (Å²) in [5, 5.41) is 8.46. The molecule has 1 atom stereocenters. The zero-order chi connectivity index (χ0) is 24.4. The number of aryl methyl sites for hydroxylation is 1. The van der Waals surface area contributed by atoms with Gasteiger partial charge in [-0.1, -0.05) is 111 Å². The molecule has 1 heterocycles. The van der Waals surface area contributed by atoms with Crippen LogP contribution in [0.4, 0.5) is 11.4 Å². The van der Waals surface area contributed by atoms with Gasteiger partial charge >= 0.3 is 0 Å². The van der Waals surface area contributed by atoms with Crippen LogP contribution in [0.3, 0.4) is 0 Å². The number of hydrogen-bond donors (Lipinski definition) is 1. The molecule has 0 aliphatic carbocycles. The summed E-state index contributed by atoms with van der Waals surface area (Å²) < 4.78 is 0. The van der Waals surface area contributed by atoms with Crippen molar-refractivity contribution in [2.75, 3.05) is 5.32 Å². The highest BCUT2D eigenvalue weighted by Gasteiger charge is 2.53. The lowest BCUT2D eigenvalue weighted by Gasteiger charge is -2.49. The minimum absolute atomic E-state index is 0.0976. The van der Waals surface area contributed by atoms with E-state index in [9.17, 15) is 0 Å². The topological polar surface area (TPSA) is 12.0 Å². The zero-order valence-corrected chi connectivity index (χ0v) is 23.3. The molecule has 0 saturated carbocycles. The number of nitrogens with one attached hydrogen (secondary N) is 1. The summed E-state index contributed by atoms with van der Waals surface area (Å²) in [5.74, 6) is 0. The standard InChI is InChI=1S/C31H41NSi/c1-21-11-17-27-25(19-21)32-26-20-23(30(5,6)7)14-18-28(26)33(27,31(8,9)10)24-15-12-22(13-16-24)29(2,3)4/h11-20,32H,1-10H3/t33-/m1/s1. The summed E-state index contributed by atoms with van der Waals surface area (Å²) in [6.07, 6.45) is 0. The van der Waals surface area contributed by atoms with E-state index >= 15 is 0 Å². The van der Waals surface area contributed by atoms with Gasteiger partial charge in [0.2, 0.25) is 0 Å². The number of benzene rings is 3. The fourth-order valence-corrected chi connectivity index (χ4v) is 11.4. The Kier molecular flexibility index (Phi) is 5.48. The first-order valence-corrected chi connectivity index (χ1v) is 14.3. The maximum Gasteiger partial charge on any atom is 0.158 e. The van der Waals surface area contributed by atoms with E-state index < -0.39 is 8.07 Å². The molecule has 0 unspecified atom stereocenters. The van der Waals surface area contributed by atoms with Gasteiger partial charge in [-0.15, -0.1) is 0 Å². The van der Waals surface area contributed by atoms with Gasteiger partial charge in [0.25, 0.3) is 0 Å². The lowest BCUT2D eigenvalue weighted by Crippen LogP contribution is -2.74. The monoisotopic (exact) mass is 455 g/mol. The predicted octanol–water partition coefficient (Wildman–Crippen LogP) is 6.92. The maximum absolute atomic E-state index is 3.86. The van der Waals surface area contributed by atoms with Crippen molar-refractivity contribution in [3.8, 4) is 0 Å². The molecule has 174 valence electrons. The molecule has 4 rings (SSSR count). The van der Waals surface area contributed by atoms with Crippen LogP contribution in [0, 0.1) is 6.92 Å². The van der Waals surface area contributed by atoms with Gasteiger partial charge in [-0.2, -0.15) is 0 Å². The Morgan fingerprint density at radius 1 is 0.576 bits per heavy atom. The van der Waals surface area contributed by atoms with Crippen LogP contribution in [0.25, 0.3) is 0 Å². The fourth-order valence-electron chi connectivity index (χ4n) is 5.59. The van der Waals surface area contributed by atoms with Crippen molar-refractivity contribution >= 4 is 35.0 Å². The van der Waals surface area contributed by atoms with Crippen molar-refractivity contribution in [2.24, 2.45) is 0 Å². The van der Waals surface area contributed by atoms with Crippen molar-refractivity contribution in [3.05, 3.63) is 77.4 Å². The average molecular weight is 456 g/mol. The molecule has 33 heavy (non-hydrogen) atoms. The van der Waals surface area contributed by atoms with Gasteiger partial charge in [0.05, 0.1) is 0 Å². The molecule has 0 bridgehead atoms. The predicted molar refractivity (Wildman–Crippen MR) is 149 cm³/mol. The highest BCUT2D eigenvalue weighted by molar-refractivity contribution is 7.15. The van der Waals surface area contributed by atoms with E-state index in [1.807, 2.05) is 0 Å². The number of hydrogen-bond acceptors (Lipinski definition) is 1. The van der Waals surface area contributed by atoms with Crippen molar-refractivity contribution in [1.82, 2.24) is 0 Å². The number of fused-ring (bicyclic) bond motifs is 2. The van der Waals surface area contributed by atoms with E-state index in [0.29, 0.717) is 0 Å². The van der Waals surface area contributed by atoms with Crippen LogP contribution < -0.4 is 20.9 Å². The minimum atomic E-state index is -2.35. The Morgan fingerprint density at radius 2 is 1.06 bits per heavy atom. The maximum atomic E-state index is 3.86. The van der Waals surface area contributed by atoms with E-state index in [1.54, 1.807) is 0 Å². The van der Waals surface area contributed by atoms with Crippen LogP contribution >= 0.6 is 0 Å². The molecule has 0 fully saturated rings. The molecule has 1 aliphatic heterocycles. The number of rotatable bonds is 1. The molecule has 2 heteroatoms. The first-order valence-electron chi connectivity index (χ1n) is 12.3. The molecule has 0 spiro atoms. The van der Waals surface area contributed by atoms with Gasteiger partial charge in [0, 0.05) is 11.4 Å². The molecule has 1 nitrogen and oxygen atoms in total. The lowest BCUT2D eigenvalue weighted by atomic mass is 9.87. The van der Waals surface area contributed by atoms with Crippen molar-refractivity contribution in [2.45, 2.75) is 85.1 Å². The third-order valence-corrected chi connectivity index (χ3v) is 13.4.